The van der Waals surface area contributed by atoms with Gasteiger partial charge < -0.3 is 10.6 Å². The molecule has 134 valence electrons. The van der Waals surface area contributed by atoms with Crippen molar-refractivity contribution < 1.29 is 4.79 Å². The highest BCUT2D eigenvalue weighted by atomic mass is 32.1. The topological polar surface area (TPSA) is 79.8 Å². The highest BCUT2D eigenvalue weighted by Crippen LogP contribution is 2.25. The van der Waals surface area contributed by atoms with Gasteiger partial charge in [0, 0.05) is 23.0 Å². The SMILES string of the molecule is CCC(NC(=O)c1cnc(Nc2ccccc2)nc1)c1nc(C)c(C)s1. The summed E-state index contributed by atoms with van der Waals surface area (Å²) >= 11 is 1.62. The third kappa shape index (κ3) is 4.23. The molecule has 1 aromatic carbocycles. The van der Waals surface area contributed by atoms with Crippen LogP contribution in [0, 0.1) is 13.8 Å². The third-order valence-corrected chi connectivity index (χ3v) is 5.19. The molecule has 0 fully saturated rings. The van der Waals surface area contributed by atoms with Crippen LogP contribution in [0.4, 0.5) is 11.6 Å². The number of thiazole rings is 1. The van der Waals surface area contributed by atoms with Crippen LogP contribution in [0.25, 0.3) is 0 Å². The van der Waals surface area contributed by atoms with Gasteiger partial charge in [-0.25, -0.2) is 15.0 Å². The van der Waals surface area contributed by atoms with Gasteiger partial charge in [0.2, 0.25) is 5.95 Å². The summed E-state index contributed by atoms with van der Waals surface area (Å²) in [5.41, 5.74) is 2.33. The molecule has 1 atom stereocenters. The molecule has 2 heterocycles. The van der Waals surface area contributed by atoms with Gasteiger partial charge in [0.25, 0.3) is 5.91 Å². The van der Waals surface area contributed by atoms with E-state index < -0.39 is 0 Å². The molecule has 0 radical (unpaired) electrons. The minimum atomic E-state index is -0.200. The van der Waals surface area contributed by atoms with Crippen molar-refractivity contribution in [2.24, 2.45) is 0 Å². The van der Waals surface area contributed by atoms with E-state index in [9.17, 15) is 4.79 Å². The van der Waals surface area contributed by atoms with Crippen molar-refractivity contribution >= 4 is 28.9 Å². The first-order valence-electron chi connectivity index (χ1n) is 8.45. The van der Waals surface area contributed by atoms with E-state index in [0.717, 1.165) is 22.8 Å². The molecule has 0 aliphatic heterocycles. The number of carbonyl (C=O) groups excluding carboxylic acids is 1. The molecule has 2 N–H and O–H groups in total. The molecule has 7 heteroatoms. The average Bonchev–Trinajstić information content (AvgIpc) is 2.99. The number of para-hydroxylation sites is 1. The smallest absolute Gasteiger partial charge is 0.254 e. The number of nitrogens with zero attached hydrogens (tertiary/aromatic N) is 3. The van der Waals surface area contributed by atoms with E-state index in [4.69, 9.17) is 0 Å². The molecule has 0 saturated heterocycles. The highest BCUT2D eigenvalue weighted by Gasteiger charge is 2.18. The maximum Gasteiger partial charge on any atom is 0.254 e. The van der Waals surface area contributed by atoms with Gasteiger partial charge in [0.1, 0.15) is 5.01 Å². The molecule has 0 aliphatic carbocycles. The fourth-order valence-corrected chi connectivity index (χ4v) is 3.44. The van der Waals surface area contributed by atoms with Crippen LogP contribution in [-0.4, -0.2) is 20.9 Å². The van der Waals surface area contributed by atoms with E-state index in [2.05, 4.69) is 25.6 Å². The monoisotopic (exact) mass is 367 g/mol. The van der Waals surface area contributed by atoms with Crippen LogP contribution in [0.1, 0.15) is 45.3 Å². The number of hydrogen-bond donors (Lipinski definition) is 2. The molecule has 1 unspecified atom stereocenters. The van der Waals surface area contributed by atoms with Crippen LogP contribution in [0.5, 0.6) is 0 Å². The lowest BCUT2D eigenvalue weighted by molar-refractivity contribution is 0.0934. The molecule has 3 aromatic rings. The molecule has 26 heavy (non-hydrogen) atoms. The van der Waals surface area contributed by atoms with E-state index >= 15 is 0 Å². The van der Waals surface area contributed by atoms with E-state index in [1.165, 1.54) is 17.3 Å². The largest absolute Gasteiger partial charge is 0.343 e. The Labute approximate surface area is 156 Å². The fraction of sp³-hybridized carbons (Fsp3) is 0.263. The van der Waals surface area contributed by atoms with Crippen LogP contribution in [0.15, 0.2) is 42.7 Å². The lowest BCUT2D eigenvalue weighted by Gasteiger charge is -2.14. The first-order valence-corrected chi connectivity index (χ1v) is 9.27. The number of benzene rings is 1. The highest BCUT2D eigenvalue weighted by molar-refractivity contribution is 7.11. The second kappa shape index (κ2) is 8.05. The van der Waals surface area contributed by atoms with Gasteiger partial charge in [-0.1, -0.05) is 25.1 Å². The zero-order valence-electron chi connectivity index (χ0n) is 15.0. The summed E-state index contributed by atoms with van der Waals surface area (Å²) in [5.74, 6) is 0.250. The number of aromatic nitrogens is 3. The van der Waals surface area contributed by atoms with Crippen LogP contribution >= 0.6 is 11.3 Å². The maximum atomic E-state index is 12.5. The van der Waals surface area contributed by atoms with Crippen LogP contribution < -0.4 is 10.6 Å². The first kappa shape index (κ1) is 18.0. The standard InChI is InChI=1S/C19H21N5OS/c1-4-16(18-22-12(2)13(3)26-18)24-17(25)14-10-20-19(21-11-14)23-15-8-6-5-7-9-15/h5-11,16H,4H2,1-3H3,(H,24,25)(H,20,21,23). The molecule has 0 spiro atoms. The summed E-state index contributed by atoms with van der Waals surface area (Å²) in [6.07, 6.45) is 3.82. The molecule has 3 rings (SSSR count). The maximum absolute atomic E-state index is 12.5. The summed E-state index contributed by atoms with van der Waals surface area (Å²) < 4.78 is 0. The van der Waals surface area contributed by atoms with Crippen molar-refractivity contribution in [2.75, 3.05) is 5.32 Å². The van der Waals surface area contributed by atoms with Crippen molar-refractivity contribution in [1.29, 1.82) is 0 Å². The number of rotatable bonds is 6. The van der Waals surface area contributed by atoms with Gasteiger partial charge in [-0.2, -0.15) is 0 Å². The van der Waals surface area contributed by atoms with Crippen molar-refractivity contribution in [3.05, 3.63) is 63.9 Å². The number of amides is 1. The van der Waals surface area contributed by atoms with Gasteiger partial charge in [0.05, 0.1) is 17.3 Å². The van der Waals surface area contributed by atoms with E-state index in [-0.39, 0.29) is 11.9 Å². The Balaban J connectivity index is 1.67. The lowest BCUT2D eigenvalue weighted by Crippen LogP contribution is -2.28. The summed E-state index contributed by atoms with van der Waals surface area (Å²) in [6.45, 7) is 6.05. The molecule has 0 saturated carbocycles. The van der Waals surface area contributed by atoms with Gasteiger partial charge in [-0.15, -0.1) is 11.3 Å². The van der Waals surface area contributed by atoms with Gasteiger partial charge in [0.15, 0.2) is 0 Å². The minimum absolute atomic E-state index is 0.109. The Kier molecular flexibility index (Phi) is 5.58. The molecular formula is C19H21N5OS. The Morgan fingerprint density at radius 2 is 1.85 bits per heavy atom. The quantitative estimate of drug-likeness (QED) is 0.683. The zero-order valence-corrected chi connectivity index (χ0v) is 15.8. The molecule has 2 aromatic heterocycles. The van der Waals surface area contributed by atoms with Gasteiger partial charge in [-0.3, -0.25) is 4.79 Å². The van der Waals surface area contributed by atoms with Crippen molar-refractivity contribution in [3.8, 4) is 0 Å². The zero-order chi connectivity index (χ0) is 18.5. The average molecular weight is 367 g/mol. The number of anilines is 2. The van der Waals surface area contributed by atoms with Gasteiger partial charge in [-0.05, 0) is 32.4 Å². The Hall–Kier alpha value is -2.80. The minimum Gasteiger partial charge on any atom is -0.343 e. The predicted octanol–water partition coefficient (Wildman–Crippen LogP) is 4.17. The summed E-state index contributed by atoms with van der Waals surface area (Å²) in [7, 11) is 0. The van der Waals surface area contributed by atoms with E-state index in [1.807, 2.05) is 51.1 Å². The third-order valence-electron chi connectivity index (χ3n) is 4.00. The van der Waals surface area contributed by atoms with E-state index in [0.29, 0.717) is 11.5 Å². The van der Waals surface area contributed by atoms with Crippen molar-refractivity contribution in [1.82, 2.24) is 20.3 Å². The number of hydrogen-bond acceptors (Lipinski definition) is 6. The summed E-state index contributed by atoms with van der Waals surface area (Å²) in [5, 5.41) is 7.04. The van der Waals surface area contributed by atoms with Crippen LogP contribution in [-0.2, 0) is 0 Å². The molecule has 6 nitrogen and oxygen atoms in total. The summed E-state index contributed by atoms with van der Waals surface area (Å²) in [4.78, 5) is 26.7. The van der Waals surface area contributed by atoms with Crippen LogP contribution in [0.2, 0.25) is 0 Å². The molecule has 1 amide bonds. The van der Waals surface area contributed by atoms with Crippen molar-refractivity contribution in [2.45, 2.75) is 33.2 Å². The number of carbonyl (C=O) groups is 1. The fourth-order valence-electron chi connectivity index (χ4n) is 2.39. The van der Waals surface area contributed by atoms with E-state index in [1.54, 1.807) is 11.3 Å². The normalized spacial score (nSPS) is 11.8. The Morgan fingerprint density at radius 1 is 1.15 bits per heavy atom. The summed E-state index contributed by atoms with van der Waals surface area (Å²) in [6, 6.07) is 9.53. The van der Waals surface area contributed by atoms with Crippen LogP contribution in [0.3, 0.4) is 0 Å². The number of aryl methyl sites for hydroxylation is 2. The lowest BCUT2D eigenvalue weighted by atomic mass is 10.2. The number of nitrogens with one attached hydrogen (secondary N) is 2. The predicted molar refractivity (Wildman–Crippen MR) is 104 cm³/mol. The molecular weight excluding hydrogens is 346 g/mol. The second-order valence-corrected chi connectivity index (χ2v) is 7.15. The molecule has 0 bridgehead atoms. The van der Waals surface area contributed by atoms with Crippen molar-refractivity contribution in [3.63, 3.8) is 0 Å². The molecule has 0 aliphatic rings. The second-order valence-electron chi connectivity index (χ2n) is 5.91. The van der Waals surface area contributed by atoms with Gasteiger partial charge >= 0.3 is 0 Å². The first-order chi connectivity index (χ1) is 12.6. The Bertz CT molecular complexity index is 857. The Morgan fingerprint density at radius 3 is 2.42 bits per heavy atom.